The molecule has 360 valence electrons. The summed E-state index contributed by atoms with van der Waals surface area (Å²) in [4.78, 5) is 38.8. The van der Waals surface area contributed by atoms with Crippen LogP contribution in [0.1, 0.15) is 77.9 Å². The molecule has 6 N–H and O–H groups in total. The van der Waals surface area contributed by atoms with Gasteiger partial charge in [-0.1, -0.05) is 107 Å². The van der Waals surface area contributed by atoms with E-state index in [9.17, 15) is 30.0 Å². The lowest BCUT2D eigenvalue weighted by Crippen LogP contribution is -2.42. The molecular weight excluding hydrogens is 881 g/mol. The summed E-state index contributed by atoms with van der Waals surface area (Å²) < 4.78 is 11.0. The fraction of sp³-hybridized carbons (Fsp3) is 0.276. The number of carbonyl (C=O) groups excluding carboxylic acids is 2. The lowest BCUT2D eigenvalue weighted by atomic mass is 9.93. The summed E-state index contributed by atoms with van der Waals surface area (Å²) in [5, 5.41) is 51.2. The first kappa shape index (κ1) is 47.5. The largest absolute Gasteiger partial charge is 0.507 e. The van der Waals surface area contributed by atoms with Crippen LogP contribution < -0.4 is 0 Å². The third-order valence-corrected chi connectivity index (χ3v) is 13.9. The summed E-state index contributed by atoms with van der Waals surface area (Å²) in [7, 11) is 2.73. The molecule has 2 aromatic heterocycles. The highest BCUT2D eigenvalue weighted by Gasteiger charge is 2.33. The lowest BCUT2D eigenvalue weighted by Gasteiger charge is -2.32. The number of aromatic amines is 2. The normalized spacial score (nSPS) is 14.6. The van der Waals surface area contributed by atoms with Gasteiger partial charge >= 0.3 is 11.9 Å². The third-order valence-electron chi connectivity index (χ3n) is 13.9. The highest BCUT2D eigenvalue weighted by Crippen LogP contribution is 2.38. The molecule has 1 aliphatic heterocycles. The third kappa shape index (κ3) is 9.70. The number of methoxy groups -OCH3 is 2. The van der Waals surface area contributed by atoms with Crippen molar-refractivity contribution in [1.82, 2.24) is 19.8 Å². The number of carbonyl (C=O) groups is 2. The number of benzene rings is 6. The van der Waals surface area contributed by atoms with E-state index >= 15 is 0 Å². The summed E-state index contributed by atoms with van der Waals surface area (Å²) in [5.74, 6) is -0.862. The summed E-state index contributed by atoms with van der Waals surface area (Å²) in [6.45, 7) is 8.18. The number of hydrogen-bond acceptors (Lipinski definition) is 10. The molecule has 3 heterocycles. The summed E-state index contributed by atoms with van der Waals surface area (Å²) in [6.07, 6.45) is 4.67. The van der Waals surface area contributed by atoms with Crippen molar-refractivity contribution in [3.05, 3.63) is 187 Å². The Labute approximate surface area is 407 Å². The van der Waals surface area contributed by atoms with Gasteiger partial charge in [0.2, 0.25) is 0 Å². The van der Waals surface area contributed by atoms with Gasteiger partial charge in [0, 0.05) is 108 Å². The van der Waals surface area contributed by atoms with Crippen LogP contribution in [0, 0.1) is 27.7 Å². The van der Waals surface area contributed by atoms with Gasteiger partial charge in [-0.3, -0.25) is 19.4 Å². The minimum atomic E-state index is -0.853. The van der Waals surface area contributed by atoms with Crippen molar-refractivity contribution in [2.24, 2.45) is 0 Å². The van der Waals surface area contributed by atoms with E-state index in [2.05, 4.69) is 9.97 Å². The van der Waals surface area contributed by atoms with Gasteiger partial charge in [0.05, 0.1) is 14.2 Å². The number of aryl methyl sites for hydroxylation is 4. The minimum Gasteiger partial charge on any atom is -0.507 e. The SMILES string of the molecule is COC(=O)[C@H](Cc1c[nH]c2ccccc12)N1Cc2cc(C)cc(c2O)Cc2cc(C)cc(c2O)CN([C@@H](Cc2c[nH]c3ccccc23)C(=O)OC)Cc2cc(C)cc(c2O)Cc2cc(C)cc(c2O)C1. The van der Waals surface area contributed by atoms with Crippen molar-refractivity contribution < 1.29 is 39.5 Å². The number of esters is 2. The maximum Gasteiger partial charge on any atom is 0.323 e. The van der Waals surface area contributed by atoms with Crippen LogP contribution in [0.5, 0.6) is 23.0 Å². The number of ether oxygens (including phenoxy) is 2. The molecule has 0 fully saturated rings. The number of aromatic nitrogens is 2. The Kier molecular flexibility index (Phi) is 13.5. The zero-order chi connectivity index (χ0) is 49.4. The molecule has 2 atom stereocenters. The number of phenols is 4. The quantitative estimate of drug-likeness (QED) is 0.0806. The van der Waals surface area contributed by atoms with Crippen LogP contribution in [-0.2, 0) is 70.9 Å². The molecule has 0 radical (unpaired) electrons. The Hall–Kier alpha value is -7.54. The summed E-state index contributed by atoms with van der Waals surface area (Å²) in [5.41, 5.74) is 11.7. The topological polar surface area (TPSA) is 172 Å². The smallest absolute Gasteiger partial charge is 0.323 e. The Morgan fingerprint density at radius 2 is 0.771 bits per heavy atom. The van der Waals surface area contributed by atoms with E-state index in [1.54, 1.807) is 0 Å². The maximum absolute atomic E-state index is 14.1. The number of phenolic OH excluding ortho intramolecular Hbond substituents is 4. The second-order valence-electron chi connectivity index (χ2n) is 19.1. The van der Waals surface area contributed by atoms with E-state index in [1.165, 1.54) is 14.2 Å². The number of rotatable bonds is 8. The van der Waals surface area contributed by atoms with Crippen LogP contribution in [-0.4, -0.2) is 78.4 Å². The van der Waals surface area contributed by atoms with Crippen molar-refractivity contribution in [3.8, 4) is 23.0 Å². The molecule has 0 amide bonds. The van der Waals surface area contributed by atoms with E-state index in [1.807, 2.05) is 147 Å². The number of hydrogen-bond donors (Lipinski definition) is 6. The van der Waals surface area contributed by atoms with Gasteiger partial charge in [0.25, 0.3) is 0 Å². The van der Waals surface area contributed by atoms with Crippen molar-refractivity contribution in [2.75, 3.05) is 14.2 Å². The van der Waals surface area contributed by atoms with E-state index in [4.69, 9.17) is 9.47 Å². The minimum absolute atomic E-state index is 0.0211. The molecule has 12 nitrogen and oxygen atoms in total. The van der Waals surface area contributed by atoms with Gasteiger partial charge in [0.15, 0.2) is 0 Å². The van der Waals surface area contributed by atoms with E-state index in [-0.39, 0.29) is 74.9 Å². The number of H-pyrrole nitrogens is 2. The first-order valence-electron chi connectivity index (χ1n) is 23.7. The molecule has 0 saturated carbocycles. The number of aromatic hydroxyl groups is 4. The van der Waals surface area contributed by atoms with Crippen LogP contribution in [0.4, 0.5) is 0 Å². The zero-order valence-electron chi connectivity index (χ0n) is 40.5. The van der Waals surface area contributed by atoms with Crippen LogP contribution >= 0.6 is 0 Å². The average molecular weight is 941 g/mol. The van der Waals surface area contributed by atoms with E-state index < -0.39 is 24.0 Å². The fourth-order valence-corrected chi connectivity index (χ4v) is 10.6. The Morgan fingerprint density at radius 1 is 0.486 bits per heavy atom. The molecule has 0 saturated heterocycles. The molecule has 12 heteroatoms. The van der Waals surface area contributed by atoms with Crippen LogP contribution in [0.2, 0.25) is 0 Å². The number of nitrogens with zero attached hydrogens (tertiary/aromatic N) is 2. The second-order valence-corrected chi connectivity index (χ2v) is 19.1. The van der Waals surface area contributed by atoms with Gasteiger partial charge in [0.1, 0.15) is 35.1 Å². The molecule has 0 unspecified atom stereocenters. The highest BCUT2D eigenvalue weighted by molar-refractivity contribution is 5.86. The van der Waals surface area contributed by atoms with Gasteiger partial charge in [-0.2, -0.15) is 0 Å². The molecule has 6 aromatic carbocycles. The van der Waals surface area contributed by atoms with E-state index in [0.717, 1.165) is 55.2 Å². The van der Waals surface area contributed by atoms with Crippen molar-refractivity contribution >= 4 is 33.7 Å². The first-order valence-corrected chi connectivity index (χ1v) is 23.7. The van der Waals surface area contributed by atoms with Crippen LogP contribution in [0.3, 0.4) is 0 Å². The Morgan fingerprint density at radius 3 is 1.07 bits per heavy atom. The van der Waals surface area contributed by atoms with Crippen molar-refractivity contribution in [3.63, 3.8) is 0 Å². The van der Waals surface area contributed by atoms with Crippen molar-refractivity contribution in [2.45, 2.75) is 91.6 Å². The fourth-order valence-electron chi connectivity index (χ4n) is 10.6. The summed E-state index contributed by atoms with van der Waals surface area (Å²) >= 11 is 0. The highest BCUT2D eigenvalue weighted by atomic mass is 16.5. The zero-order valence-corrected chi connectivity index (χ0v) is 40.5. The number of para-hydroxylation sites is 2. The molecule has 8 aromatic rings. The predicted molar refractivity (Wildman–Crippen MR) is 271 cm³/mol. The van der Waals surface area contributed by atoms with Gasteiger partial charge in [-0.05, 0) is 73.2 Å². The molecule has 8 bridgehead atoms. The van der Waals surface area contributed by atoms with Crippen LogP contribution in [0.15, 0.2) is 109 Å². The monoisotopic (exact) mass is 940 g/mol. The Bertz CT molecular complexity index is 2940. The maximum atomic E-state index is 14.1. The molecule has 0 spiro atoms. The summed E-state index contributed by atoms with van der Waals surface area (Å²) in [6, 6.07) is 29.3. The number of nitrogens with one attached hydrogen (secondary N) is 2. The molecular formula is C58H60N4O8. The Balaban J connectivity index is 1.21. The first-order chi connectivity index (χ1) is 33.7. The molecule has 9 rings (SSSR count). The molecule has 0 aliphatic carbocycles. The average Bonchev–Trinajstić information content (AvgIpc) is 3.95. The van der Waals surface area contributed by atoms with Gasteiger partial charge in [-0.25, -0.2) is 0 Å². The predicted octanol–water partition coefficient (Wildman–Crippen LogP) is 9.77. The molecule has 1 aliphatic rings. The standard InChI is InChI=1S/C58H60N4O8/c1-33-15-37-23-38-16-34(2)20-45(54(38)64)31-62(52(58(68)70-6)26-42-28-60-50-14-10-8-12-48(42)50)32-46-22-36(4)18-40(56(46)66)24-39-17-35(3)21-44(55(39)65)30-61(29-43(19-33)53(37)63)51(57(67)69-5)25-41-27-59-49-13-9-7-11-47(41)49/h7-22,27-28,51-52,59-60,63-66H,23-26,29-32H2,1-6H3/t51-,52-/m0/s1. The van der Waals surface area contributed by atoms with Crippen molar-refractivity contribution in [1.29, 1.82) is 0 Å². The molecule has 70 heavy (non-hydrogen) atoms. The van der Waals surface area contributed by atoms with Gasteiger partial charge in [-0.15, -0.1) is 0 Å². The van der Waals surface area contributed by atoms with Gasteiger partial charge < -0.3 is 39.9 Å². The van der Waals surface area contributed by atoms with E-state index in [0.29, 0.717) is 44.5 Å². The lowest BCUT2D eigenvalue weighted by molar-refractivity contribution is -0.148. The second kappa shape index (κ2) is 19.8. The van der Waals surface area contributed by atoms with Crippen LogP contribution in [0.25, 0.3) is 21.8 Å². The number of fused-ring (bicyclic) bond motifs is 10.